The second-order valence-electron chi connectivity index (χ2n) is 5.17. The predicted octanol–water partition coefficient (Wildman–Crippen LogP) is 4.38. The lowest BCUT2D eigenvalue weighted by Crippen LogP contribution is -2.24. The van der Waals surface area contributed by atoms with Crippen molar-refractivity contribution >= 4 is 0 Å². The third-order valence-electron chi connectivity index (χ3n) is 3.84. The fourth-order valence-electron chi connectivity index (χ4n) is 2.72. The molecule has 1 aromatic heterocycles. The van der Waals surface area contributed by atoms with Gasteiger partial charge in [-0.25, -0.2) is 8.78 Å². The van der Waals surface area contributed by atoms with Crippen molar-refractivity contribution in [3.05, 3.63) is 59.0 Å². The van der Waals surface area contributed by atoms with E-state index in [-0.39, 0.29) is 5.56 Å². The highest BCUT2D eigenvalue weighted by molar-refractivity contribution is 5.26. The largest absolute Gasteiger partial charge is 0.469 e. The van der Waals surface area contributed by atoms with Gasteiger partial charge in [0.2, 0.25) is 0 Å². The zero-order chi connectivity index (χ0) is 13.9. The van der Waals surface area contributed by atoms with Crippen molar-refractivity contribution < 1.29 is 13.2 Å². The molecule has 1 aromatic carbocycles. The number of rotatable bonds is 4. The molecule has 4 heteroatoms. The molecule has 0 spiro atoms. The van der Waals surface area contributed by atoms with Gasteiger partial charge >= 0.3 is 0 Å². The molecule has 2 aromatic rings. The normalized spacial score (nSPS) is 18.2. The standard InChI is InChI=1S/C16H17F2NO/c17-16(18)12-6-4-11(5-7-12)10-19-14-2-1-3-15-13(14)8-9-20-15/h4-9,14,16,19H,1-3,10H2. The second-order valence-corrected chi connectivity index (χ2v) is 5.17. The summed E-state index contributed by atoms with van der Waals surface area (Å²) < 4.78 is 30.4. The van der Waals surface area contributed by atoms with Gasteiger partial charge in [0.15, 0.2) is 0 Å². The van der Waals surface area contributed by atoms with Crippen molar-refractivity contribution in [2.24, 2.45) is 0 Å². The van der Waals surface area contributed by atoms with Crippen molar-refractivity contribution in [3.63, 3.8) is 0 Å². The van der Waals surface area contributed by atoms with Gasteiger partial charge in [-0.1, -0.05) is 24.3 Å². The lowest BCUT2D eigenvalue weighted by Gasteiger charge is -2.22. The Bertz CT molecular complexity index is 562. The van der Waals surface area contributed by atoms with E-state index >= 15 is 0 Å². The molecule has 1 unspecified atom stereocenters. The summed E-state index contributed by atoms with van der Waals surface area (Å²) in [5.41, 5.74) is 2.33. The highest BCUT2D eigenvalue weighted by atomic mass is 19.3. The predicted molar refractivity (Wildman–Crippen MR) is 72.6 cm³/mol. The van der Waals surface area contributed by atoms with Crippen LogP contribution in [0.1, 0.15) is 47.8 Å². The van der Waals surface area contributed by atoms with E-state index in [4.69, 9.17) is 4.42 Å². The lowest BCUT2D eigenvalue weighted by molar-refractivity contribution is 0.151. The van der Waals surface area contributed by atoms with Gasteiger partial charge in [0.25, 0.3) is 6.43 Å². The molecule has 1 N–H and O–H groups in total. The van der Waals surface area contributed by atoms with Crippen LogP contribution in [-0.2, 0) is 13.0 Å². The van der Waals surface area contributed by atoms with Gasteiger partial charge in [0.1, 0.15) is 5.76 Å². The number of nitrogens with one attached hydrogen (secondary N) is 1. The molecular weight excluding hydrogens is 260 g/mol. The Hall–Kier alpha value is -1.68. The van der Waals surface area contributed by atoms with E-state index in [1.807, 2.05) is 6.07 Å². The van der Waals surface area contributed by atoms with Crippen LogP contribution in [0.2, 0.25) is 0 Å². The average Bonchev–Trinajstić information content (AvgIpc) is 2.94. The average molecular weight is 277 g/mol. The Kier molecular flexibility index (Phi) is 3.83. The zero-order valence-corrected chi connectivity index (χ0v) is 11.1. The van der Waals surface area contributed by atoms with E-state index in [9.17, 15) is 8.78 Å². The summed E-state index contributed by atoms with van der Waals surface area (Å²) in [6.45, 7) is 0.679. The van der Waals surface area contributed by atoms with Crippen molar-refractivity contribution in [1.82, 2.24) is 5.32 Å². The van der Waals surface area contributed by atoms with Gasteiger partial charge in [0, 0.05) is 30.1 Å². The van der Waals surface area contributed by atoms with Crippen molar-refractivity contribution in [2.45, 2.75) is 38.3 Å². The van der Waals surface area contributed by atoms with E-state index in [1.54, 1.807) is 18.4 Å². The van der Waals surface area contributed by atoms with Crippen LogP contribution >= 0.6 is 0 Å². The van der Waals surface area contributed by atoms with E-state index in [2.05, 4.69) is 5.32 Å². The summed E-state index contributed by atoms with van der Waals surface area (Å²) in [4.78, 5) is 0. The van der Waals surface area contributed by atoms with Crippen LogP contribution in [-0.4, -0.2) is 0 Å². The summed E-state index contributed by atoms with van der Waals surface area (Å²) in [5, 5.41) is 3.48. The molecule has 3 rings (SSSR count). The molecule has 0 aliphatic heterocycles. The quantitative estimate of drug-likeness (QED) is 0.897. The zero-order valence-electron chi connectivity index (χ0n) is 11.1. The first-order chi connectivity index (χ1) is 9.74. The molecule has 2 nitrogen and oxygen atoms in total. The summed E-state index contributed by atoms with van der Waals surface area (Å²) in [5.74, 6) is 1.07. The van der Waals surface area contributed by atoms with Gasteiger partial charge in [0.05, 0.1) is 6.26 Å². The summed E-state index contributed by atoms with van der Waals surface area (Å²) >= 11 is 0. The molecular formula is C16H17F2NO. The Morgan fingerprint density at radius 2 is 2.00 bits per heavy atom. The molecule has 20 heavy (non-hydrogen) atoms. The Balaban J connectivity index is 1.63. The van der Waals surface area contributed by atoms with Gasteiger partial charge < -0.3 is 9.73 Å². The fraction of sp³-hybridized carbons (Fsp3) is 0.375. The Morgan fingerprint density at radius 1 is 1.20 bits per heavy atom. The maximum atomic E-state index is 12.5. The topological polar surface area (TPSA) is 25.2 Å². The molecule has 0 saturated heterocycles. The summed E-state index contributed by atoms with van der Waals surface area (Å²) in [6, 6.07) is 8.82. The molecule has 1 aliphatic rings. The van der Waals surface area contributed by atoms with E-state index in [1.165, 1.54) is 17.7 Å². The van der Waals surface area contributed by atoms with Crippen LogP contribution in [0.25, 0.3) is 0 Å². The Labute approximate surface area is 116 Å². The molecule has 106 valence electrons. The van der Waals surface area contributed by atoms with Crippen LogP contribution < -0.4 is 5.32 Å². The second kappa shape index (κ2) is 5.75. The van der Waals surface area contributed by atoms with Crippen LogP contribution in [0.3, 0.4) is 0 Å². The highest BCUT2D eigenvalue weighted by Gasteiger charge is 2.21. The van der Waals surface area contributed by atoms with Crippen LogP contribution in [0.5, 0.6) is 0 Å². The summed E-state index contributed by atoms with van der Waals surface area (Å²) in [7, 11) is 0. The number of benzene rings is 1. The SMILES string of the molecule is FC(F)c1ccc(CNC2CCCc3occc32)cc1. The fourth-order valence-corrected chi connectivity index (χ4v) is 2.72. The number of alkyl halides is 2. The first kappa shape index (κ1) is 13.3. The molecule has 0 fully saturated rings. The maximum Gasteiger partial charge on any atom is 0.263 e. The minimum absolute atomic E-state index is 0.0727. The molecule has 1 atom stereocenters. The van der Waals surface area contributed by atoms with Gasteiger partial charge in [-0.15, -0.1) is 0 Å². The number of hydrogen-bond acceptors (Lipinski definition) is 2. The third kappa shape index (κ3) is 2.75. The first-order valence-corrected chi connectivity index (χ1v) is 6.90. The molecule has 0 radical (unpaired) electrons. The molecule has 1 aliphatic carbocycles. The van der Waals surface area contributed by atoms with Crippen molar-refractivity contribution in [1.29, 1.82) is 0 Å². The van der Waals surface area contributed by atoms with Crippen LogP contribution in [0.4, 0.5) is 8.78 Å². The van der Waals surface area contributed by atoms with Crippen molar-refractivity contribution in [3.8, 4) is 0 Å². The number of fused-ring (bicyclic) bond motifs is 1. The third-order valence-corrected chi connectivity index (χ3v) is 3.84. The van der Waals surface area contributed by atoms with Crippen LogP contribution in [0.15, 0.2) is 41.0 Å². The minimum atomic E-state index is -2.40. The maximum absolute atomic E-state index is 12.5. The molecule has 0 amide bonds. The van der Waals surface area contributed by atoms with E-state index < -0.39 is 6.43 Å². The minimum Gasteiger partial charge on any atom is -0.469 e. The first-order valence-electron chi connectivity index (χ1n) is 6.90. The molecule has 0 saturated carbocycles. The highest BCUT2D eigenvalue weighted by Crippen LogP contribution is 2.30. The van der Waals surface area contributed by atoms with E-state index in [0.717, 1.165) is 30.6 Å². The van der Waals surface area contributed by atoms with Gasteiger partial charge in [-0.05, 0) is 24.5 Å². The number of hydrogen-bond donors (Lipinski definition) is 1. The van der Waals surface area contributed by atoms with Gasteiger partial charge in [-0.3, -0.25) is 0 Å². The molecule has 1 heterocycles. The summed E-state index contributed by atoms with van der Waals surface area (Å²) in [6.07, 6.45) is 2.54. The van der Waals surface area contributed by atoms with Crippen LogP contribution in [0, 0.1) is 0 Å². The van der Waals surface area contributed by atoms with Gasteiger partial charge in [-0.2, -0.15) is 0 Å². The number of aryl methyl sites for hydroxylation is 1. The van der Waals surface area contributed by atoms with E-state index in [0.29, 0.717) is 12.6 Å². The lowest BCUT2D eigenvalue weighted by atomic mass is 9.93. The Morgan fingerprint density at radius 3 is 2.75 bits per heavy atom. The smallest absolute Gasteiger partial charge is 0.263 e. The number of furan rings is 1. The van der Waals surface area contributed by atoms with Crippen molar-refractivity contribution in [2.75, 3.05) is 0 Å². The monoisotopic (exact) mass is 277 g/mol. The molecule has 0 bridgehead atoms. The number of halogens is 2.